The number of carboxylic acids is 1. The lowest BCUT2D eigenvalue weighted by Gasteiger charge is -2.35. The third-order valence-corrected chi connectivity index (χ3v) is 4.54. The fraction of sp³-hybridized carbons (Fsp3) is 0.500. The van der Waals surface area contributed by atoms with Gasteiger partial charge in [-0.1, -0.05) is 18.6 Å². The van der Waals surface area contributed by atoms with Crippen molar-refractivity contribution in [2.45, 2.75) is 31.1 Å². The van der Waals surface area contributed by atoms with Crippen LogP contribution in [-0.2, 0) is 10.2 Å². The Bertz CT molecular complexity index is 447. The lowest BCUT2D eigenvalue weighted by atomic mass is 9.69. The normalized spacial score (nSPS) is 31.9. The van der Waals surface area contributed by atoms with Crippen molar-refractivity contribution in [2.24, 2.45) is 11.8 Å². The molecule has 17 heavy (non-hydrogen) atoms. The molecule has 0 bridgehead atoms. The van der Waals surface area contributed by atoms with Gasteiger partial charge in [-0.15, -0.1) is 0 Å². The molecular formula is C14H16O3. The maximum absolute atomic E-state index is 11.2. The Morgan fingerprint density at radius 3 is 2.29 bits per heavy atom. The van der Waals surface area contributed by atoms with Crippen molar-refractivity contribution >= 4 is 5.97 Å². The first-order valence-electron chi connectivity index (χ1n) is 6.17. The second-order valence-electron chi connectivity index (χ2n) is 5.31. The van der Waals surface area contributed by atoms with Crippen molar-refractivity contribution in [1.82, 2.24) is 0 Å². The Morgan fingerprint density at radius 1 is 1.24 bits per heavy atom. The summed E-state index contributed by atoms with van der Waals surface area (Å²) in [5, 5.41) is 18.5. The molecule has 2 atom stereocenters. The molecule has 2 aliphatic carbocycles. The lowest BCUT2D eigenvalue weighted by molar-refractivity contribution is -0.139. The van der Waals surface area contributed by atoms with Gasteiger partial charge >= 0.3 is 5.97 Å². The second kappa shape index (κ2) is 3.49. The number of aromatic hydroxyl groups is 1. The Hall–Kier alpha value is -1.51. The van der Waals surface area contributed by atoms with Gasteiger partial charge in [0.1, 0.15) is 5.75 Å². The highest BCUT2D eigenvalue weighted by Gasteiger charge is 2.64. The predicted molar refractivity (Wildman–Crippen MR) is 62.9 cm³/mol. The summed E-state index contributed by atoms with van der Waals surface area (Å²) in [4.78, 5) is 11.2. The Kier molecular flexibility index (Phi) is 2.18. The molecule has 2 fully saturated rings. The molecule has 1 unspecified atom stereocenters. The lowest BCUT2D eigenvalue weighted by Crippen LogP contribution is -2.30. The summed E-state index contributed by atoms with van der Waals surface area (Å²) < 4.78 is 0. The summed E-state index contributed by atoms with van der Waals surface area (Å²) >= 11 is 0. The van der Waals surface area contributed by atoms with E-state index in [-0.39, 0.29) is 17.1 Å². The third-order valence-electron chi connectivity index (χ3n) is 4.54. The zero-order valence-corrected chi connectivity index (χ0v) is 9.60. The molecule has 90 valence electrons. The summed E-state index contributed by atoms with van der Waals surface area (Å²) in [7, 11) is 0. The van der Waals surface area contributed by atoms with E-state index in [1.165, 1.54) is 6.42 Å². The first-order chi connectivity index (χ1) is 8.14. The zero-order chi connectivity index (χ0) is 12.0. The van der Waals surface area contributed by atoms with E-state index >= 15 is 0 Å². The molecule has 0 aliphatic heterocycles. The predicted octanol–water partition coefficient (Wildman–Crippen LogP) is 2.53. The molecule has 0 aromatic heterocycles. The van der Waals surface area contributed by atoms with Gasteiger partial charge in [0.2, 0.25) is 0 Å². The molecule has 3 heteroatoms. The van der Waals surface area contributed by atoms with Gasteiger partial charge in [-0.25, -0.2) is 0 Å². The van der Waals surface area contributed by atoms with E-state index in [2.05, 4.69) is 0 Å². The van der Waals surface area contributed by atoms with Gasteiger partial charge in [0.05, 0.1) is 5.92 Å². The summed E-state index contributed by atoms with van der Waals surface area (Å²) in [6.07, 6.45) is 4.27. The van der Waals surface area contributed by atoms with Gasteiger partial charge in [-0.2, -0.15) is 0 Å². The van der Waals surface area contributed by atoms with Crippen molar-refractivity contribution in [3.05, 3.63) is 29.8 Å². The van der Waals surface area contributed by atoms with Crippen LogP contribution in [0.25, 0.3) is 0 Å². The van der Waals surface area contributed by atoms with Crippen LogP contribution >= 0.6 is 0 Å². The highest BCUT2D eigenvalue weighted by Crippen LogP contribution is 2.64. The molecule has 0 spiro atoms. The number of hydrogen-bond acceptors (Lipinski definition) is 2. The number of phenols is 1. The van der Waals surface area contributed by atoms with E-state index in [1.807, 2.05) is 12.1 Å². The third kappa shape index (κ3) is 1.45. The smallest absolute Gasteiger partial charge is 0.307 e. The van der Waals surface area contributed by atoms with Crippen LogP contribution in [0.5, 0.6) is 5.75 Å². The second-order valence-corrected chi connectivity index (χ2v) is 5.31. The highest BCUT2D eigenvalue weighted by atomic mass is 16.4. The van der Waals surface area contributed by atoms with Crippen LogP contribution < -0.4 is 0 Å². The van der Waals surface area contributed by atoms with Gasteiger partial charge in [0.25, 0.3) is 0 Å². The molecule has 0 saturated heterocycles. The highest BCUT2D eigenvalue weighted by molar-refractivity contribution is 5.77. The van der Waals surface area contributed by atoms with Crippen molar-refractivity contribution in [3.63, 3.8) is 0 Å². The number of hydrogen-bond donors (Lipinski definition) is 2. The minimum atomic E-state index is -0.676. The average Bonchev–Trinajstić information content (AvgIpc) is 2.92. The molecule has 3 rings (SSSR count). The van der Waals surface area contributed by atoms with Crippen LogP contribution in [0.15, 0.2) is 24.3 Å². The Morgan fingerprint density at radius 2 is 1.88 bits per heavy atom. The monoisotopic (exact) mass is 232 g/mol. The Balaban J connectivity index is 1.95. The number of carbonyl (C=O) groups is 1. The number of benzene rings is 1. The first-order valence-corrected chi connectivity index (χ1v) is 6.17. The minimum absolute atomic E-state index is 0.141. The SMILES string of the molecule is O=C(O)[C@@H]1CC1(c1ccc(O)cc1)C1CCC1. The van der Waals surface area contributed by atoms with E-state index in [0.29, 0.717) is 5.92 Å². The van der Waals surface area contributed by atoms with Gasteiger partial charge in [-0.3, -0.25) is 4.79 Å². The largest absolute Gasteiger partial charge is 0.508 e. The van der Waals surface area contributed by atoms with Crippen LogP contribution in [0.2, 0.25) is 0 Å². The molecule has 1 aromatic carbocycles. The molecule has 0 radical (unpaired) electrons. The van der Waals surface area contributed by atoms with E-state index < -0.39 is 5.97 Å². The molecule has 2 N–H and O–H groups in total. The van der Waals surface area contributed by atoms with Gasteiger partial charge in [-0.05, 0) is 42.9 Å². The van der Waals surface area contributed by atoms with E-state index in [0.717, 1.165) is 24.8 Å². The van der Waals surface area contributed by atoms with E-state index in [9.17, 15) is 15.0 Å². The molecular weight excluding hydrogens is 216 g/mol. The molecule has 0 heterocycles. The fourth-order valence-electron chi connectivity index (χ4n) is 3.29. The number of phenolic OH excluding ortho intramolecular Hbond substituents is 1. The molecule has 3 nitrogen and oxygen atoms in total. The van der Waals surface area contributed by atoms with Crippen LogP contribution in [0.3, 0.4) is 0 Å². The summed E-state index contributed by atoms with van der Waals surface area (Å²) in [5.74, 6) is -0.138. The quantitative estimate of drug-likeness (QED) is 0.842. The Labute approximate surface area is 100 Å². The van der Waals surface area contributed by atoms with E-state index in [1.54, 1.807) is 12.1 Å². The number of carboxylic acid groups (broad SMARTS) is 1. The van der Waals surface area contributed by atoms with Gasteiger partial charge in [0, 0.05) is 5.41 Å². The van der Waals surface area contributed by atoms with Gasteiger partial charge in [0.15, 0.2) is 0 Å². The summed E-state index contributed by atoms with van der Waals surface area (Å²) in [5.41, 5.74) is 0.949. The minimum Gasteiger partial charge on any atom is -0.508 e. The van der Waals surface area contributed by atoms with Crippen molar-refractivity contribution < 1.29 is 15.0 Å². The standard InChI is InChI=1S/C14H16O3/c15-11-6-4-10(5-7-11)14(9-2-1-3-9)8-12(14)13(16)17/h4-7,9,12,15H,1-3,8H2,(H,16,17)/t12-,14?/m0/s1. The topological polar surface area (TPSA) is 57.5 Å². The van der Waals surface area contributed by atoms with Crippen LogP contribution in [0.4, 0.5) is 0 Å². The van der Waals surface area contributed by atoms with Crippen LogP contribution in [-0.4, -0.2) is 16.2 Å². The molecule has 0 amide bonds. The maximum atomic E-state index is 11.2. The summed E-state index contributed by atoms with van der Waals surface area (Å²) in [6, 6.07) is 7.09. The van der Waals surface area contributed by atoms with Crippen molar-refractivity contribution in [2.75, 3.05) is 0 Å². The van der Waals surface area contributed by atoms with Crippen LogP contribution in [0, 0.1) is 11.8 Å². The number of aliphatic carboxylic acids is 1. The molecule has 1 aromatic rings. The number of rotatable bonds is 3. The first kappa shape index (κ1) is 10.6. The molecule has 2 aliphatic rings. The van der Waals surface area contributed by atoms with Crippen molar-refractivity contribution in [1.29, 1.82) is 0 Å². The van der Waals surface area contributed by atoms with Gasteiger partial charge < -0.3 is 10.2 Å². The molecule has 2 saturated carbocycles. The zero-order valence-electron chi connectivity index (χ0n) is 9.60. The van der Waals surface area contributed by atoms with E-state index in [4.69, 9.17) is 0 Å². The fourth-order valence-corrected chi connectivity index (χ4v) is 3.29. The van der Waals surface area contributed by atoms with Crippen molar-refractivity contribution in [3.8, 4) is 5.75 Å². The summed E-state index contributed by atoms with van der Waals surface area (Å²) in [6.45, 7) is 0. The average molecular weight is 232 g/mol. The maximum Gasteiger partial charge on any atom is 0.307 e. The van der Waals surface area contributed by atoms with Crippen LogP contribution in [0.1, 0.15) is 31.2 Å².